The van der Waals surface area contributed by atoms with Crippen molar-refractivity contribution >= 4 is 11.5 Å². The Morgan fingerprint density at radius 3 is 3.00 bits per heavy atom. The third kappa shape index (κ3) is 1.63. The van der Waals surface area contributed by atoms with Crippen LogP contribution in [-0.2, 0) is 9.53 Å². The van der Waals surface area contributed by atoms with Crippen LogP contribution in [0.5, 0.6) is 0 Å². The first-order chi connectivity index (χ1) is 7.63. The number of nitrogens with two attached hydrogens (primary N) is 1. The highest BCUT2D eigenvalue weighted by molar-refractivity contribution is 5.77. The normalized spacial score (nSPS) is 12.7. The molecule has 0 aliphatic carbocycles. The summed E-state index contributed by atoms with van der Waals surface area (Å²) in [7, 11) is 1.30. The number of ether oxygens (including phenoxy) is 1. The summed E-state index contributed by atoms with van der Waals surface area (Å²) in [6.07, 6.45) is 1.68. The molecule has 0 saturated carbocycles. The molecule has 2 N–H and O–H groups in total. The molecule has 0 bridgehead atoms. The fourth-order valence-electron chi connectivity index (χ4n) is 1.49. The van der Waals surface area contributed by atoms with Crippen molar-refractivity contribution in [3.8, 4) is 0 Å². The van der Waals surface area contributed by atoms with E-state index in [1.54, 1.807) is 29.8 Å². The molecule has 0 aromatic carbocycles. The molecule has 0 saturated heterocycles. The fraction of sp³-hybridized carbons (Fsp3) is 0.300. The van der Waals surface area contributed by atoms with E-state index in [1.807, 2.05) is 0 Å². The molecule has 2 aromatic rings. The van der Waals surface area contributed by atoms with Crippen molar-refractivity contribution in [3.05, 3.63) is 29.8 Å². The standard InChI is InChI=1S/C10H12N4O2/c1-6-12-5-7-3-4-8(14(7)13-6)9(11)10(15)16-2/h3-5,9H,11H2,1-2H3. The largest absolute Gasteiger partial charge is 0.468 e. The minimum atomic E-state index is -0.832. The summed E-state index contributed by atoms with van der Waals surface area (Å²) in [6, 6.07) is 2.71. The van der Waals surface area contributed by atoms with Gasteiger partial charge in [0.1, 0.15) is 11.9 Å². The summed E-state index contributed by atoms with van der Waals surface area (Å²) >= 11 is 0. The van der Waals surface area contributed by atoms with Crippen LogP contribution in [0, 0.1) is 6.92 Å². The van der Waals surface area contributed by atoms with Crippen LogP contribution >= 0.6 is 0 Å². The number of fused-ring (bicyclic) bond motifs is 1. The Morgan fingerprint density at radius 2 is 2.31 bits per heavy atom. The lowest BCUT2D eigenvalue weighted by Crippen LogP contribution is -2.24. The van der Waals surface area contributed by atoms with Crippen molar-refractivity contribution < 1.29 is 9.53 Å². The summed E-state index contributed by atoms with van der Waals surface area (Å²) in [5.41, 5.74) is 7.14. The zero-order valence-corrected chi connectivity index (χ0v) is 9.04. The molecule has 16 heavy (non-hydrogen) atoms. The molecule has 2 aromatic heterocycles. The Kier molecular flexibility index (Phi) is 2.57. The van der Waals surface area contributed by atoms with Gasteiger partial charge in [-0.25, -0.2) is 14.3 Å². The first-order valence-corrected chi connectivity index (χ1v) is 4.78. The van der Waals surface area contributed by atoms with E-state index < -0.39 is 12.0 Å². The van der Waals surface area contributed by atoms with E-state index in [9.17, 15) is 4.79 Å². The molecule has 6 heteroatoms. The number of aryl methyl sites for hydroxylation is 1. The Balaban J connectivity index is 2.52. The first kappa shape index (κ1) is 10.6. The van der Waals surface area contributed by atoms with Gasteiger partial charge in [0.15, 0.2) is 0 Å². The quantitative estimate of drug-likeness (QED) is 0.731. The summed E-state index contributed by atoms with van der Waals surface area (Å²) in [5, 5.41) is 4.19. The molecule has 2 heterocycles. The van der Waals surface area contributed by atoms with Crippen LogP contribution in [0.1, 0.15) is 17.6 Å². The molecule has 0 amide bonds. The zero-order chi connectivity index (χ0) is 11.7. The topological polar surface area (TPSA) is 82.5 Å². The molecule has 84 valence electrons. The molecule has 1 atom stereocenters. The third-order valence-corrected chi connectivity index (χ3v) is 2.32. The molecule has 0 radical (unpaired) electrons. The number of esters is 1. The maximum atomic E-state index is 11.3. The van der Waals surface area contributed by atoms with Gasteiger partial charge in [-0.1, -0.05) is 0 Å². The summed E-state index contributed by atoms with van der Waals surface area (Å²) in [6.45, 7) is 1.77. The Labute approximate surface area is 92.0 Å². The second-order valence-corrected chi connectivity index (χ2v) is 3.40. The Hall–Kier alpha value is -1.95. The number of nitrogens with zero attached hydrogens (tertiary/aromatic N) is 3. The highest BCUT2D eigenvalue weighted by Crippen LogP contribution is 2.15. The van der Waals surface area contributed by atoms with Gasteiger partial charge >= 0.3 is 5.97 Å². The average Bonchev–Trinajstić information content (AvgIpc) is 2.69. The van der Waals surface area contributed by atoms with Gasteiger partial charge in [-0.2, -0.15) is 5.10 Å². The van der Waals surface area contributed by atoms with E-state index in [4.69, 9.17) is 5.73 Å². The van der Waals surface area contributed by atoms with Crippen LogP contribution in [0.25, 0.3) is 5.52 Å². The van der Waals surface area contributed by atoms with Crippen LogP contribution < -0.4 is 5.73 Å². The molecule has 0 fully saturated rings. The van der Waals surface area contributed by atoms with Gasteiger partial charge in [0.25, 0.3) is 0 Å². The van der Waals surface area contributed by atoms with Gasteiger partial charge in [-0.15, -0.1) is 0 Å². The summed E-state index contributed by atoms with van der Waals surface area (Å²) in [4.78, 5) is 15.4. The van der Waals surface area contributed by atoms with Crippen LogP contribution in [0.3, 0.4) is 0 Å². The van der Waals surface area contributed by atoms with Crippen molar-refractivity contribution in [1.82, 2.24) is 14.6 Å². The lowest BCUT2D eigenvalue weighted by atomic mass is 10.2. The van der Waals surface area contributed by atoms with Gasteiger partial charge in [0.05, 0.1) is 24.5 Å². The second kappa shape index (κ2) is 3.90. The SMILES string of the molecule is COC(=O)C(N)c1ccc2cnc(C)nn12. The monoisotopic (exact) mass is 220 g/mol. The maximum Gasteiger partial charge on any atom is 0.328 e. The minimum Gasteiger partial charge on any atom is -0.468 e. The lowest BCUT2D eigenvalue weighted by Gasteiger charge is -2.08. The van der Waals surface area contributed by atoms with Crippen LogP contribution in [0.15, 0.2) is 18.3 Å². The molecular weight excluding hydrogens is 208 g/mol. The number of rotatable bonds is 2. The van der Waals surface area contributed by atoms with Crippen LogP contribution in [0.4, 0.5) is 0 Å². The maximum absolute atomic E-state index is 11.3. The molecule has 2 rings (SSSR count). The van der Waals surface area contributed by atoms with Crippen LogP contribution in [-0.4, -0.2) is 27.7 Å². The van der Waals surface area contributed by atoms with E-state index >= 15 is 0 Å². The second-order valence-electron chi connectivity index (χ2n) is 3.40. The van der Waals surface area contributed by atoms with E-state index in [-0.39, 0.29) is 0 Å². The van der Waals surface area contributed by atoms with Gasteiger partial charge < -0.3 is 10.5 Å². The number of aromatic nitrogens is 3. The molecule has 0 aliphatic heterocycles. The van der Waals surface area contributed by atoms with E-state index in [0.29, 0.717) is 11.5 Å². The minimum absolute atomic E-state index is 0.490. The molecule has 1 unspecified atom stereocenters. The zero-order valence-electron chi connectivity index (χ0n) is 9.04. The predicted octanol–water partition coefficient (Wildman–Crippen LogP) is 0.211. The van der Waals surface area contributed by atoms with Crippen molar-refractivity contribution in [3.63, 3.8) is 0 Å². The number of hydrogen-bond donors (Lipinski definition) is 1. The number of methoxy groups -OCH3 is 1. The number of hydrogen-bond acceptors (Lipinski definition) is 5. The van der Waals surface area contributed by atoms with Crippen molar-refractivity contribution in [2.75, 3.05) is 7.11 Å². The summed E-state index contributed by atoms with van der Waals surface area (Å²) in [5.74, 6) is 0.123. The van der Waals surface area contributed by atoms with Gasteiger partial charge in [0, 0.05) is 0 Å². The van der Waals surface area contributed by atoms with Gasteiger partial charge in [-0.05, 0) is 19.1 Å². The summed E-state index contributed by atoms with van der Waals surface area (Å²) < 4.78 is 6.20. The molecule has 6 nitrogen and oxygen atoms in total. The Morgan fingerprint density at radius 1 is 1.56 bits per heavy atom. The first-order valence-electron chi connectivity index (χ1n) is 4.78. The van der Waals surface area contributed by atoms with Gasteiger partial charge in [-0.3, -0.25) is 0 Å². The number of carbonyl (C=O) groups excluding carboxylic acids is 1. The molecule has 0 spiro atoms. The smallest absolute Gasteiger partial charge is 0.328 e. The molecule has 0 aliphatic rings. The lowest BCUT2D eigenvalue weighted by molar-refractivity contribution is -0.142. The van der Waals surface area contributed by atoms with E-state index in [1.165, 1.54) is 7.11 Å². The molecular formula is C10H12N4O2. The average molecular weight is 220 g/mol. The third-order valence-electron chi connectivity index (χ3n) is 2.32. The van der Waals surface area contributed by atoms with Crippen molar-refractivity contribution in [2.45, 2.75) is 13.0 Å². The highest BCUT2D eigenvalue weighted by Gasteiger charge is 2.20. The number of carbonyl (C=O) groups is 1. The van der Waals surface area contributed by atoms with Gasteiger partial charge in [0.2, 0.25) is 0 Å². The predicted molar refractivity (Wildman–Crippen MR) is 56.7 cm³/mol. The fourth-order valence-corrected chi connectivity index (χ4v) is 1.49. The van der Waals surface area contributed by atoms with E-state index in [2.05, 4.69) is 14.8 Å². The van der Waals surface area contributed by atoms with Crippen LogP contribution in [0.2, 0.25) is 0 Å². The van der Waals surface area contributed by atoms with E-state index in [0.717, 1.165) is 5.52 Å². The van der Waals surface area contributed by atoms with Crippen molar-refractivity contribution in [2.24, 2.45) is 5.73 Å². The highest BCUT2D eigenvalue weighted by atomic mass is 16.5. The van der Waals surface area contributed by atoms with Crippen molar-refractivity contribution in [1.29, 1.82) is 0 Å². The Bertz CT molecular complexity index is 535.